The molecule has 98 valence electrons. The highest BCUT2D eigenvalue weighted by Crippen LogP contribution is 2.22. The van der Waals surface area contributed by atoms with Gasteiger partial charge >= 0.3 is 0 Å². The minimum atomic E-state index is -0.359. The number of hydrogen-bond donors (Lipinski definition) is 1. The van der Waals surface area contributed by atoms with Crippen molar-refractivity contribution in [3.05, 3.63) is 34.1 Å². The number of piperidine rings is 1. The monoisotopic (exact) mass is 314 g/mol. The fourth-order valence-electron chi connectivity index (χ4n) is 2.12. The van der Waals surface area contributed by atoms with Crippen molar-refractivity contribution >= 4 is 21.8 Å². The first kappa shape index (κ1) is 13.5. The summed E-state index contributed by atoms with van der Waals surface area (Å²) in [6.07, 6.45) is 0.908. The Morgan fingerprint density at radius 3 is 2.89 bits per heavy atom. The van der Waals surface area contributed by atoms with E-state index in [1.54, 1.807) is 4.90 Å². The molecule has 0 bridgehead atoms. The number of nitrogens with zero attached hydrogens (tertiary/aromatic N) is 1. The zero-order valence-electron chi connectivity index (χ0n) is 10.2. The Kier molecular flexibility index (Phi) is 4.02. The maximum absolute atomic E-state index is 13.0. The highest BCUT2D eigenvalue weighted by atomic mass is 79.9. The number of halogens is 2. The van der Waals surface area contributed by atoms with Gasteiger partial charge in [0, 0.05) is 23.6 Å². The summed E-state index contributed by atoms with van der Waals surface area (Å²) in [5.74, 6) is -0.0164. The number of nitrogens with two attached hydrogens (primary N) is 1. The Labute approximate surface area is 114 Å². The highest BCUT2D eigenvalue weighted by Gasteiger charge is 2.27. The van der Waals surface area contributed by atoms with E-state index in [1.807, 2.05) is 0 Å². The first-order valence-electron chi connectivity index (χ1n) is 5.99. The summed E-state index contributed by atoms with van der Waals surface area (Å²) in [6.45, 7) is 3.36. The number of amides is 1. The van der Waals surface area contributed by atoms with Gasteiger partial charge in [0.15, 0.2) is 0 Å². The van der Waals surface area contributed by atoms with Crippen LogP contribution >= 0.6 is 15.9 Å². The van der Waals surface area contributed by atoms with Crippen molar-refractivity contribution in [3.8, 4) is 0 Å². The zero-order valence-corrected chi connectivity index (χ0v) is 11.8. The van der Waals surface area contributed by atoms with Gasteiger partial charge in [0.1, 0.15) is 5.82 Å². The fourth-order valence-corrected chi connectivity index (χ4v) is 2.64. The van der Waals surface area contributed by atoms with E-state index in [1.165, 1.54) is 18.2 Å². The van der Waals surface area contributed by atoms with E-state index in [0.717, 1.165) is 6.42 Å². The molecule has 0 spiro atoms. The first-order valence-corrected chi connectivity index (χ1v) is 6.78. The van der Waals surface area contributed by atoms with E-state index in [-0.39, 0.29) is 17.8 Å². The lowest BCUT2D eigenvalue weighted by Crippen LogP contribution is -2.49. The first-order chi connectivity index (χ1) is 8.49. The molecule has 0 saturated carbocycles. The van der Waals surface area contributed by atoms with Crippen molar-refractivity contribution in [2.24, 2.45) is 11.7 Å². The maximum atomic E-state index is 13.0. The standard InChI is InChI=1S/C13H16BrFN2O/c1-8-4-5-17(7-12(8)16)13(18)10-3-2-9(15)6-11(10)14/h2-3,6,8,12H,4-5,7,16H2,1H3. The zero-order chi connectivity index (χ0) is 13.3. The third kappa shape index (κ3) is 2.72. The minimum Gasteiger partial charge on any atom is -0.337 e. The average molecular weight is 315 g/mol. The lowest BCUT2D eigenvalue weighted by atomic mass is 9.94. The van der Waals surface area contributed by atoms with E-state index >= 15 is 0 Å². The lowest BCUT2D eigenvalue weighted by molar-refractivity contribution is 0.0671. The molecule has 1 aromatic carbocycles. The van der Waals surface area contributed by atoms with Gasteiger partial charge in [-0.25, -0.2) is 4.39 Å². The third-order valence-electron chi connectivity index (χ3n) is 3.47. The minimum absolute atomic E-state index is 0.0157. The molecule has 18 heavy (non-hydrogen) atoms. The van der Waals surface area contributed by atoms with Crippen LogP contribution in [0, 0.1) is 11.7 Å². The largest absolute Gasteiger partial charge is 0.337 e. The van der Waals surface area contributed by atoms with Gasteiger partial charge in [-0.2, -0.15) is 0 Å². The summed E-state index contributed by atoms with van der Waals surface area (Å²) in [6, 6.07) is 4.12. The van der Waals surface area contributed by atoms with E-state index in [0.29, 0.717) is 29.0 Å². The number of carbonyl (C=O) groups is 1. The number of hydrogen-bond acceptors (Lipinski definition) is 2. The number of rotatable bonds is 1. The molecular formula is C13H16BrFN2O. The average Bonchev–Trinajstić information content (AvgIpc) is 2.32. The number of carbonyl (C=O) groups excluding carboxylic acids is 1. The van der Waals surface area contributed by atoms with Crippen LogP contribution in [0.5, 0.6) is 0 Å². The molecule has 3 nitrogen and oxygen atoms in total. The molecule has 5 heteroatoms. The van der Waals surface area contributed by atoms with Crippen LogP contribution in [0.2, 0.25) is 0 Å². The summed E-state index contributed by atoms with van der Waals surface area (Å²) in [7, 11) is 0. The predicted molar refractivity (Wildman–Crippen MR) is 71.8 cm³/mol. The van der Waals surface area contributed by atoms with Crippen LogP contribution < -0.4 is 5.73 Å². The second-order valence-electron chi connectivity index (χ2n) is 4.81. The van der Waals surface area contributed by atoms with Gasteiger partial charge in [-0.15, -0.1) is 0 Å². The summed E-state index contributed by atoms with van der Waals surface area (Å²) < 4.78 is 13.5. The molecule has 1 heterocycles. The summed E-state index contributed by atoms with van der Waals surface area (Å²) in [4.78, 5) is 14.0. The number of benzene rings is 1. The molecule has 2 rings (SSSR count). The van der Waals surface area contributed by atoms with Crippen LogP contribution in [0.15, 0.2) is 22.7 Å². The van der Waals surface area contributed by atoms with Crippen molar-refractivity contribution < 1.29 is 9.18 Å². The van der Waals surface area contributed by atoms with E-state index in [9.17, 15) is 9.18 Å². The van der Waals surface area contributed by atoms with Crippen LogP contribution in [0.1, 0.15) is 23.7 Å². The van der Waals surface area contributed by atoms with Gasteiger partial charge in [0.2, 0.25) is 0 Å². The maximum Gasteiger partial charge on any atom is 0.255 e. The van der Waals surface area contributed by atoms with Gasteiger partial charge in [-0.1, -0.05) is 6.92 Å². The second kappa shape index (κ2) is 5.36. The smallest absolute Gasteiger partial charge is 0.255 e. The van der Waals surface area contributed by atoms with Crippen LogP contribution in [-0.4, -0.2) is 29.9 Å². The van der Waals surface area contributed by atoms with Crippen molar-refractivity contribution in [3.63, 3.8) is 0 Å². The Morgan fingerprint density at radius 1 is 1.56 bits per heavy atom. The van der Waals surface area contributed by atoms with Crippen molar-refractivity contribution in [1.29, 1.82) is 0 Å². The number of likely N-dealkylation sites (tertiary alicyclic amines) is 1. The normalized spacial score (nSPS) is 24.1. The van der Waals surface area contributed by atoms with Crippen molar-refractivity contribution in [2.75, 3.05) is 13.1 Å². The molecule has 1 aliphatic rings. The van der Waals surface area contributed by atoms with Gasteiger partial charge in [-0.3, -0.25) is 4.79 Å². The molecule has 1 saturated heterocycles. The Bertz CT molecular complexity index is 466. The molecule has 2 unspecified atom stereocenters. The molecular weight excluding hydrogens is 299 g/mol. The molecule has 1 aliphatic heterocycles. The van der Waals surface area contributed by atoms with Gasteiger partial charge in [0.05, 0.1) is 5.56 Å². The molecule has 0 radical (unpaired) electrons. The topological polar surface area (TPSA) is 46.3 Å². The van der Waals surface area contributed by atoms with E-state index in [4.69, 9.17) is 5.73 Å². The quantitative estimate of drug-likeness (QED) is 0.865. The van der Waals surface area contributed by atoms with Crippen molar-refractivity contribution in [1.82, 2.24) is 4.90 Å². The fraction of sp³-hybridized carbons (Fsp3) is 0.462. The third-order valence-corrected chi connectivity index (χ3v) is 4.12. The van der Waals surface area contributed by atoms with Crippen LogP contribution in [0.3, 0.4) is 0 Å². The van der Waals surface area contributed by atoms with Crippen LogP contribution in [0.25, 0.3) is 0 Å². The molecule has 1 aromatic rings. The molecule has 0 aliphatic carbocycles. The summed E-state index contributed by atoms with van der Waals surface area (Å²) >= 11 is 3.22. The van der Waals surface area contributed by atoms with Crippen LogP contribution in [0.4, 0.5) is 4.39 Å². The second-order valence-corrected chi connectivity index (χ2v) is 5.66. The SMILES string of the molecule is CC1CCN(C(=O)c2ccc(F)cc2Br)CC1N. The Balaban J connectivity index is 2.16. The Hall–Kier alpha value is -0.940. The Morgan fingerprint density at radius 2 is 2.28 bits per heavy atom. The molecule has 1 amide bonds. The highest BCUT2D eigenvalue weighted by molar-refractivity contribution is 9.10. The summed E-state index contributed by atoms with van der Waals surface area (Å²) in [5.41, 5.74) is 6.47. The van der Waals surface area contributed by atoms with E-state index in [2.05, 4.69) is 22.9 Å². The van der Waals surface area contributed by atoms with E-state index < -0.39 is 0 Å². The predicted octanol–water partition coefficient (Wildman–Crippen LogP) is 2.40. The molecule has 0 aromatic heterocycles. The summed E-state index contributed by atoms with van der Waals surface area (Å²) in [5, 5.41) is 0. The lowest BCUT2D eigenvalue weighted by Gasteiger charge is -2.35. The van der Waals surface area contributed by atoms with Gasteiger partial charge in [0.25, 0.3) is 5.91 Å². The molecule has 1 fully saturated rings. The molecule has 2 N–H and O–H groups in total. The molecule has 2 atom stereocenters. The van der Waals surface area contributed by atoms with Gasteiger partial charge in [-0.05, 0) is 46.5 Å². The van der Waals surface area contributed by atoms with Crippen molar-refractivity contribution in [2.45, 2.75) is 19.4 Å². The van der Waals surface area contributed by atoms with Crippen LogP contribution in [-0.2, 0) is 0 Å². The van der Waals surface area contributed by atoms with Gasteiger partial charge < -0.3 is 10.6 Å².